The summed E-state index contributed by atoms with van der Waals surface area (Å²) >= 11 is 1.35. The number of anilines is 1. The first kappa shape index (κ1) is 16.9. The number of ether oxygens (including phenoxy) is 1. The van der Waals surface area contributed by atoms with E-state index in [0.717, 1.165) is 25.1 Å². The highest BCUT2D eigenvalue weighted by atomic mass is 32.1. The van der Waals surface area contributed by atoms with Gasteiger partial charge in [0.25, 0.3) is 0 Å². The number of hydrogen-bond acceptors (Lipinski definition) is 5. The molecule has 0 unspecified atom stereocenters. The highest BCUT2D eigenvalue weighted by molar-refractivity contribution is 7.12. The maximum Gasteiger partial charge on any atom is 0.410 e. The molecule has 22 heavy (non-hydrogen) atoms. The van der Waals surface area contributed by atoms with Gasteiger partial charge in [0.1, 0.15) is 5.60 Å². The number of nitrogens with zero attached hydrogens (tertiary/aromatic N) is 2. The fraction of sp³-hybridized carbons (Fsp3) is 0.688. The number of carbonyl (C=O) groups is 1. The summed E-state index contributed by atoms with van der Waals surface area (Å²) in [5, 5.41) is 12.2. The van der Waals surface area contributed by atoms with Crippen molar-refractivity contribution >= 4 is 23.1 Å². The molecule has 0 spiro atoms. The number of thiophene rings is 1. The zero-order valence-corrected chi connectivity index (χ0v) is 14.7. The van der Waals surface area contributed by atoms with Crippen LogP contribution in [0.1, 0.15) is 40.5 Å². The molecule has 1 aliphatic heterocycles. The lowest BCUT2D eigenvalue weighted by Crippen LogP contribution is -2.48. The monoisotopic (exact) mass is 326 g/mol. The number of carbonyl (C=O) groups excluding carboxylic acids is 1. The summed E-state index contributed by atoms with van der Waals surface area (Å²) in [5.74, 6) is 0. The molecular formula is C16H26N2O3S. The molecule has 124 valence electrons. The van der Waals surface area contributed by atoms with E-state index in [1.165, 1.54) is 11.3 Å². The van der Waals surface area contributed by atoms with Crippen molar-refractivity contribution in [2.24, 2.45) is 0 Å². The number of likely N-dealkylation sites (tertiary alicyclic amines) is 1. The number of aromatic hydroxyl groups is 1. The molecule has 5 nitrogen and oxygen atoms in total. The van der Waals surface area contributed by atoms with Crippen molar-refractivity contribution in [1.29, 1.82) is 0 Å². The van der Waals surface area contributed by atoms with E-state index in [4.69, 9.17) is 4.74 Å². The molecule has 1 N–H and O–H groups in total. The first-order chi connectivity index (χ1) is 10.3. The highest BCUT2D eigenvalue weighted by Gasteiger charge is 2.30. The average Bonchev–Trinajstić information content (AvgIpc) is 2.85. The molecule has 0 bridgehead atoms. The average molecular weight is 326 g/mol. The van der Waals surface area contributed by atoms with Crippen molar-refractivity contribution < 1.29 is 14.6 Å². The Kier molecular flexibility index (Phi) is 5.21. The van der Waals surface area contributed by atoms with Gasteiger partial charge in [-0.05, 0) is 52.0 Å². The quantitative estimate of drug-likeness (QED) is 0.920. The summed E-state index contributed by atoms with van der Waals surface area (Å²) in [6.45, 7) is 9.99. The molecule has 1 aromatic heterocycles. The van der Waals surface area contributed by atoms with E-state index in [1.54, 1.807) is 4.90 Å². The minimum atomic E-state index is -0.453. The Bertz CT molecular complexity index is 502. The van der Waals surface area contributed by atoms with Gasteiger partial charge >= 0.3 is 6.09 Å². The van der Waals surface area contributed by atoms with Gasteiger partial charge in [0.2, 0.25) is 0 Å². The Balaban J connectivity index is 1.94. The van der Waals surface area contributed by atoms with Crippen LogP contribution in [0, 0.1) is 0 Å². The van der Waals surface area contributed by atoms with Crippen LogP contribution in [-0.4, -0.2) is 47.4 Å². The van der Waals surface area contributed by atoms with E-state index in [9.17, 15) is 9.90 Å². The van der Waals surface area contributed by atoms with Crippen LogP contribution < -0.4 is 4.90 Å². The zero-order valence-electron chi connectivity index (χ0n) is 13.8. The predicted molar refractivity (Wildman–Crippen MR) is 89.8 cm³/mol. The number of amides is 1. The molecule has 6 heteroatoms. The van der Waals surface area contributed by atoms with Crippen molar-refractivity contribution in [1.82, 2.24) is 4.90 Å². The third-order valence-corrected chi connectivity index (χ3v) is 4.54. The van der Waals surface area contributed by atoms with Crippen LogP contribution in [-0.2, 0) is 4.74 Å². The Hall–Kier alpha value is -1.43. The lowest BCUT2D eigenvalue weighted by molar-refractivity contribution is 0.0205. The van der Waals surface area contributed by atoms with Crippen LogP contribution in [0.4, 0.5) is 10.5 Å². The SMILES string of the molecule is CCN(c1ccsc1O)C1CCN(C(=O)OC(C)(C)C)CC1. The summed E-state index contributed by atoms with van der Waals surface area (Å²) in [6.07, 6.45) is 1.55. The fourth-order valence-electron chi connectivity index (χ4n) is 2.82. The van der Waals surface area contributed by atoms with Gasteiger partial charge in [-0.1, -0.05) is 0 Å². The molecule has 0 saturated carbocycles. The van der Waals surface area contributed by atoms with Crippen LogP contribution in [0.2, 0.25) is 0 Å². The largest absolute Gasteiger partial charge is 0.498 e. The van der Waals surface area contributed by atoms with Gasteiger partial charge in [-0.15, -0.1) is 11.3 Å². The van der Waals surface area contributed by atoms with E-state index >= 15 is 0 Å². The van der Waals surface area contributed by atoms with E-state index in [2.05, 4.69) is 11.8 Å². The molecule has 1 saturated heterocycles. The Labute approximate surface area is 136 Å². The second kappa shape index (κ2) is 6.77. The smallest absolute Gasteiger partial charge is 0.410 e. The second-order valence-electron chi connectivity index (χ2n) is 6.60. The van der Waals surface area contributed by atoms with Crippen molar-refractivity contribution in [3.8, 4) is 5.06 Å². The third kappa shape index (κ3) is 4.06. The summed E-state index contributed by atoms with van der Waals surface area (Å²) < 4.78 is 5.43. The van der Waals surface area contributed by atoms with E-state index in [1.807, 2.05) is 32.2 Å². The maximum atomic E-state index is 12.1. The molecule has 2 heterocycles. The standard InChI is InChI=1S/C16H26N2O3S/c1-5-18(13-8-11-22-14(13)19)12-6-9-17(10-7-12)15(20)21-16(2,3)4/h8,11-12,19H,5-7,9-10H2,1-4H3. The normalized spacial score (nSPS) is 16.6. The molecule has 0 radical (unpaired) electrons. The Morgan fingerprint density at radius 2 is 2.09 bits per heavy atom. The van der Waals surface area contributed by atoms with E-state index in [-0.39, 0.29) is 6.09 Å². The third-order valence-electron chi connectivity index (χ3n) is 3.83. The van der Waals surface area contributed by atoms with Gasteiger partial charge in [0, 0.05) is 25.7 Å². The van der Waals surface area contributed by atoms with Crippen LogP contribution in [0.25, 0.3) is 0 Å². The van der Waals surface area contributed by atoms with Gasteiger partial charge in [0.05, 0.1) is 5.69 Å². The van der Waals surface area contributed by atoms with Crippen LogP contribution in [0.3, 0.4) is 0 Å². The van der Waals surface area contributed by atoms with E-state index < -0.39 is 5.60 Å². The lowest BCUT2D eigenvalue weighted by Gasteiger charge is -2.39. The second-order valence-corrected chi connectivity index (χ2v) is 7.49. The van der Waals surface area contributed by atoms with Crippen molar-refractivity contribution in [2.45, 2.75) is 52.2 Å². The Morgan fingerprint density at radius 3 is 2.55 bits per heavy atom. The van der Waals surface area contributed by atoms with Gasteiger partial charge in [-0.2, -0.15) is 0 Å². The lowest BCUT2D eigenvalue weighted by atomic mass is 10.0. The van der Waals surface area contributed by atoms with Crippen molar-refractivity contribution in [3.05, 3.63) is 11.4 Å². The molecule has 0 atom stereocenters. The molecule has 1 amide bonds. The van der Waals surface area contributed by atoms with Crippen LogP contribution >= 0.6 is 11.3 Å². The topological polar surface area (TPSA) is 53.0 Å². The maximum absolute atomic E-state index is 12.1. The summed E-state index contributed by atoms with van der Waals surface area (Å²) in [7, 11) is 0. The minimum absolute atomic E-state index is 0.229. The van der Waals surface area contributed by atoms with Crippen molar-refractivity contribution in [3.63, 3.8) is 0 Å². The summed E-state index contributed by atoms with van der Waals surface area (Å²) in [5.41, 5.74) is 0.453. The van der Waals surface area contributed by atoms with Crippen LogP contribution in [0.5, 0.6) is 5.06 Å². The summed E-state index contributed by atoms with van der Waals surface area (Å²) in [4.78, 5) is 16.1. The molecule has 0 aliphatic carbocycles. The minimum Gasteiger partial charge on any atom is -0.498 e. The predicted octanol–water partition coefficient (Wildman–Crippen LogP) is 3.68. The van der Waals surface area contributed by atoms with Crippen LogP contribution in [0.15, 0.2) is 11.4 Å². The number of hydrogen-bond donors (Lipinski definition) is 1. The Morgan fingerprint density at radius 1 is 1.45 bits per heavy atom. The zero-order chi connectivity index (χ0) is 16.3. The van der Waals surface area contributed by atoms with Gasteiger partial charge in [-0.3, -0.25) is 0 Å². The van der Waals surface area contributed by atoms with Gasteiger partial charge in [0.15, 0.2) is 5.06 Å². The van der Waals surface area contributed by atoms with Gasteiger partial charge < -0.3 is 19.6 Å². The molecule has 2 rings (SSSR count). The molecule has 1 aromatic rings. The van der Waals surface area contributed by atoms with E-state index in [0.29, 0.717) is 24.2 Å². The van der Waals surface area contributed by atoms with Gasteiger partial charge in [-0.25, -0.2) is 4.79 Å². The van der Waals surface area contributed by atoms with Crippen molar-refractivity contribution in [2.75, 3.05) is 24.5 Å². The summed E-state index contributed by atoms with van der Waals surface area (Å²) in [6, 6.07) is 2.31. The molecule has 1 fully saturated rings. The number of rotatable bonds is 3. The molecule has 0 aromatic carbocycles. The first-order valence-electron chi connectivity index (χ1n) is 7.83. The highest BCUT2D eigenvalue weighted by Crippen LogP contribution is 2.35. The number of piperidine rings is 1. The fourth-order valence-corrected chi connectivity index (χ4v) is 3.46. The molecular weight excluding hydrogens is 300 g/mol. The molecule has 1 aliphatic rings. The first-order valence-corrected chi connectivity index (χ1v) is 8.71.